The largest absolute Gasteiger partial charge is 0.465 e. The lowest BCUT2D eigenvalue weighted by molar-refractivity contribution is -0.138. The summed E-state index contributed by atoms with van der Waals surface area (Å²) in [6.07, 6.45) is -5.80. The molecule has 1 atom stereocenters. The Bertz CT molecular complexity index is 1720. The standard InChI is InChI=1S/C24H23Cl2F3N4O6S/c1-2-40(38,39)18-4-3-13(25)7-12(18)9-33-21(34)15-8-17(24(27,28)29)16(19(26)20(15)31-22(33)35)11-32-6-5-14(10-32)30-23(36)37/h3-4,7-8,14,30H,2,5-6,9-11H2,1H3,(H,31,35)(H,36,37). The number of aromatic nitrogens is 2. The lowest BCUT2D eigenvalue weighted by atomic mass is 10.0. The molecule has 1 saturated heterocycles. The molecular weight excluding hydrogens is 600 g/mol. The van der Waals surface area contributed by atoms with E-state index in [1.807, 2.05) is 0 Å². The minimum absolute atomic E-state index is 0.0126. The zero-order valence-electron chi connectivity index (χ0n) is 20.8. The van der Waals surface area contributed by atoms with Gasteiger partial charge in [-0.05, 0) is 41.8 Å². The van der Waals surface area contributed by atoms with Crippen molar-refractivity contribution >= 4 is 50.0 Å². The van der Waals surface area contributed by atoms with Gasteiger partial charge in [-0.2, -0.15) is 13.2 Å². The first-order valence-electron chi connectivity index (χ1n) is 11.9. The second-order valence-corrected chi connectivity index (χ2v) is 12.3. The summed E-state index contributed by atoms with van der Waals surface area (Å²) >= 11 is 12.4. The summed E-state index contributed by atoms with van der Waals surface area (Å²) in [5.74, 6) is -0.276. The molecule has 1 amide bonds. The molecule has 0 aliphatic carbocycles. The van der Waals surface area contributed by atoms with Crippen LogP contribution in [-0.2, 0) is 29.1 Å². The Morgan fingerprint density at radius 3 is 2.52 bits per heavy atom. The van der Waals surface area contributed by atoms with Crippen molar-refractivity contribution in [3.8, 4) is 0 Å². The molecule has 1 aliphatic rings. The third-order valence-electron chi connectivity index (χ3n) is 6.67. The van der Waals surface area contributed by atoms with Gasteiger partial charge < -0.3 is 15.4 Å². The normalized spacial score (nSPS) is 16.5. The predicted molar refractivity (Wildman–Crippen MR) is 142 cm³/mol. The van der Waals surface area contributed by atoms with E-state index in [4.69, 9.17) is 28.3 Å². The molecule has 40 heavy (non-hydrogen) atoms. The minimum atomic E-state index is -4.92. The summed E-state index contributed by atoms with van der Waals surface area (Å²) in [6, 6.07) is 3.95. The van der Waals surface area contributed by atoms with E-state index in [9.17, 15) is 36.0 Å². The molecule has 2 heterocycles. The number of sulfone groups is 1. The van der Waals surface area contributed by atoms with Crippen molar-refractivity contribution in [3.05, 3.63) is 71.8 Å². The number of hydrogen-bond donors (Lipinski definition) is 3. The van der Waals surface area contributed by atoms with E-state index in [-0.39, 0.29) is 51.9 Å². The number of H-pyrrole nitrogens is 1. The Kier molecular flexibility index (Phi) is 8.28. The summed E-state index contributed by atoms with van der Waals surface area (Å²) in [6.45, 7) is 0.945. The molecule has 3 N–H and O–H groups in total. The Balaban J connectivity index is 1.84. The molecule has 4 rings (SSSR count). The number of halogens is 5. The van der Waals surface area contributed by atoms with Gasteiger partial charge in [0.05, 0.1) is 38.7 Å². The first-order chi connectivity index (χ1) is 18.6. The smallest absolute Gasteiger partial charge is 0.416 e. The van der Waals surface area contributed by atoms with Gasteiger partial charge in [-0.1, -0.05) is 30.1 Å². The van der Waals surface area contributed by atoms with E-state index in [0.29, 0.717) is 17.1 Å². The van der Waals surface area contributed by atoms with Gasteiger partial charge in [0.1, 0.15) is 0 Å². The van der Waals surface area contributed by atoms with E-state index in [1.165, 1.54) is 25.1 Å². The first kappa shape index (κ1) is 29.9. The first-order valence-corrected chi connectivity index (χ1v) is 14.3. The Hall–Kier alpha value is -3.07. The second kappa shape index (κ2) is 11.1. The number of hydrogen-bond acceptors (Lipinski definition) is 6. The topological polar surface area (TPSA) is 142 Å². The van der Waals surface area contributed by atoms with Crippen molar-refractivity contribution in [1.29, 1.82) is 0 Å². The van der Waals surface area contributed by atoms with Gasteiger partial charge in [-0.15, -0.1) is 0 Å². The highest BCUT2D eigenvalue weighted by molar-refractivity contribution is 7.91. The molecule has 216 valence electrons. The van der Waals surface area contributed by atoms with Crippen molar-refractivity contribution in [1.82, 2.24) is 19.8 Å². The SMILES string of the molecule is CCS(=O)(=O)c1ccc(Cl)cc1Cn1c(=O)[nH]c2c(Cl)c(CN3CCC(NC(=O)O)C3)c(C(F)(F)F)cc2c1=O. The van der Waals surface area contributed by atoms with E-state index in [0.717, 1.165) is 0 Å². The zero-order valence-corrected chi connectivity index (χ0v) is 23.1. The van der Waals surface area contributed by atoms with Crippen LogP contribution in [0.3, 0.4) is 0 Å². The lowest BCUT2D eigenvalue weighted by Gasteiger charge is -2.22. The number of alkyl halides is 3. The van der Waals surface area contributed by atoms with Crippen LogP contribution in [0, 0.1) is 0 Å². The van der Waals surface area contributed by atoms with Crippen LogP contribution in [0.5, 0.6) is 0 Å². The van der Waals surface area contributed by atoms with Crippen LogP contribution in [0.1, 0.15) is 30.0 Å². The van der Waals surface area contributed by atoms with E-state index >= 15 is 0 Å². The fourth-order valence-electron chi connectivity index (χ4n) is 4.74. The molecule has 2 aromatic carbocycles. The highest BCUT2D eigenvalue weighted by Gasteiger charge is 2.37. The molecule has 1 aliphatic heterocycles. The molecule has 0 spiro atoms. The number of benzene rings is 2. The number of nitrogens with one attached hydrogen (secondary N) is 2. The monoisotopic (exact) mass is 622 g/mol. The number of amides is 1. The molecule has 1 fully saturated rings. The summed E-state index contributed by atoms with van der Waals surface area (Å²) < 4.78 is 68.2. The van der Waals surface area contributed by atoms with Gasteiger partial charge >= 0.3 is 18.0 Å². The van der Waals surface area contributed by atoms with Crippen LogP contribution < -0.4 is 16.6 Å². The van der Waals surface area contributed by atoms with Crippen molar-refractivity contribution in [2.75, 3.05) is 18.8 Å². The molecule has 0 saturated carbocycles. The van der Waals surface area contributed by atoms with Crippen LogP contribution in [-0.4, -0.2) is 59.0 Å². The molecule has 16 heteroatoms. The van der Waals surface area contributed by atoms with Gasteiger partial charge in [0.25, 0.3) is 5.56 Å². The van der Waals surface area contributed by atoms with Crippen LogP contribution >= 0.6 is 23.2 Å². The number of aromatic amines is 1. The molecule has 0 bridgehead atoms. The van der Waals surface area contributed by atoms with Gasteiger partial charge in [0.15, 0.2) is 9.84 Å². The van der Waals surface area contributed by atoms with Crippen LogP contribution in [0.15, 0.2) is 38.8 Å². The average molecular weight is 623 g/mol. The van der Waals surface area contributed by atoms with Crippen molar-refractivity contribution in [2.45, 2.75) is 43.5 Å². The van der Waals surface area contributed by atoms with Gasteiger partial charge in [0.2, 0.25) is 0 Å². The Morgan fingerprint density at radius 2 is 1.90 bits per heavy atom. The third-order valence-corrected chi connectivity index (χ3v) is 9.15. The Morgan fingerprint density at radius 1 is 1.20 bits per heavy atom. The maximum Gasteiger partial charge on any atom is 0.416 e. The summed E-state index contributed by atoms with van der Waals surface area (Å²) in [7, 11) is -3.79. The molecule has 3 aromatic rings. The van der Waals surface area contributed by atoms with E-state index in [1.54, 1.807) is 4.90 Å². The van der Waals surface area contributed by atoms with Crippen LogP contribution in [0.25, 0.3) is 10.9 Å². The van der Waals surface area contributed by atoms with E-state index in [2.05, 4.69) is 10.3 Å². The quantitative estimate of drug-likeness (QED) is 0.365. The van der Waals surface area contributed by atoms with Gasteiger partial charge in [0, 0.05) is 30.7 Å². The number of likely N-dealkylation sites (tertiary alicyclic amines) is 1. The number of nitrogens with zero attached hydrogens (tertiary/aromatic N) is 2. The molecule has 1 aromatic heterocycles. The highest BCUT2D eigenvalue weighted by Crippen LogP contribution is 2.39. The number of fused-ring (bicyclic) bond motifs is 1. The van der Waals surface area contributed by atoms with Crippen LogP contribution in [0.2, 0.25) is 10.0 Å². The van der Waals surface area contributed by atoms with Crippen molar-refractivity contribution in [2.24, 2.45) is 0 Å². The number of rotatable bonds is 7. The fraction of sp³-hybridized carbons (Fsp3) is 0.375. The Labute approximate surface area is 235 Å². The van der Waals surface area contributed by atoms with Crippen molar-refractivity contribution in [3.63, 3.8) is 0 Å². The number of carbonyl (C=O) groups is 1. The summed E-state index contributed by atoms with van der Waals surface area (Å²) in [4.78, 5) is 41.0. The zero-order chi connectivity index (χ0) is 29.6. The molecular formula is C24H23Cl2F3N4O6S. The lowest BCUT2D eigenvalue weighted by Crippen LogP contribution is -2.37. The molecule has 0 radical (unpaired) electrons. The second-order valence-electron chi connectivity index (χ2n) is 9.28. The predicted octanol–water partition coefficient (Wildman–Crippen LogP) is 3.70. The van der Waals surface area contributed by atoms with E-state index < -0.39 is 61.9 Å². The maximum atomic E-state index is 14.2. The third kappa shape index (κ3) is 5.99. The van der Waals surface area contributed by atoms with Gasteiger partial charge in [-0.25, -0.2) is 18.0 Å². The van der Waals surface area contributed by atoms with Crippen molar-refractivity contribution < 1.29 is 31.5 Å². The fourth-order valence-corrected chi connectivity index (χ4v) is 6.35. The van der Waals surface area contributed by atoms with Gasteiger partial charge in [-0.3, -0.25) is 14.3 Å². The summed E-state index contributed by atoms with van der Waals surface area (Å²) in [5.41, 5.74) is -3.98. The molecule has 10 nitrogen and oxygen atoms in total. The molecule has 1 unspecified atom stereocenters. The van der Waals surface area contributed by atoms with Crippen LogP contribution in [0.4, 0.5) is 18.0 Å². The minimum Gasteiger partial charge on any atom is -0.465 e. The average Bonchev–Trinajstić information content (AvgIpc) is 3.29. The summed E-state index contributed by atoms with van der Waals surface area (Å²) in [5, 5.41) is 10.3. The highest BCUT2D eigenvalue weighted by atomic mass is 35.5. The number of carboxylic acid groups (broad SMARTS) is 1. The maximum absolute atomic E-state index is 14.2.